The van der Waals surface area contributed by atoms with Crippen molar-refractivity contribution in [3.05, 3.63) is 83.3 Å². The molecule has 3 N–H and O–H groups in total. The highest BCUT2D eigenvalue weighted by Crippen LogP contribution is 2.29. The van der Waals surface area contributed by atoms with Crippen molar-refractivity contribution in [2.75, 3.05) is 26.8 Å². The number of amides is 3. The summed E-state index contributed by atoms with van der Waals surface area (Å²) >= 11 is 0. The minimum absolute atomic E-state index is 0.116. The van der Waals surface area contributed by atoms with Crippen molar-refractivity contribution < 1.29 is 33.0 Å². The number of aryl methyl sites for hydroxylation is 1. The molecule has 234 valence electrons. The number of hydrogen-bond donors (Lipinski definition) is 3. The number of H-pyrrole nitrogens is 1. The highest BCUT2D eigenvalue weighted by Gasteiger charge is 2.34. The summed E-state index contributed by atoms with van der Waals surface area (Å²) in [5.41, 5.74) is 2.86. The molecule has 0 saturated carbocycles. The van der Waals surface area contributed by atoms with E-state index >= 15 is 0 Å². The van der Waals surface area contributed by atoms with E-state index in [0.29, 0.717) is 42.1 Å². The topological polar surface area (TPSA) is 135 Å². The summed E-state index contributed by atoms with van der Waals surface area (Å²) in [7, 11) is 1.51. The second-order valence-electron chi connectivity index (χ2n) is 11.2. The molecule has 0 aliphatic carbocycles. The summed E-state index contributed by atoms with van der Waals surface area (Å²) in [6.45, 7) is 0.361. The van der Waals surface area contributed by atoms with Crippen molar-refractivity contribution in [3.8, 4) is 17.2 Å². The maximum absolute atomic E-state index is 14.6. The molecule has 1 aromatic heterocycles. The lowest BCUT2D eigenvalue weighted by Crippen LogP contribution is -2.58. The van der Waals surface area contributed by atoms with Crippen LogP contribution in [0.5, 0.6) is 17.2 Å². The number of methoxy groups -OCH3 is 1. The molecular formula is C33H34FN5O6. The first-order valence-electron chi connectivity index (χ1n) is 14.9. The first kappa shape index (κ1) is 29.9. The van der Waals surface area contributed by atoms with Crippen LogP contribution in [0.3, 0.4) is 0 Å². The Morgan fingerprint density at radius 1 is 1.07 bits per heavy atom. The number of aromatic amines is 1. The molecule has 11 nitrogen and oxygen atoms in total. The van der Waals surface area contributed by atoms with E-state index in [4.69, 9.17) is 14.2 Å². The summed E-state index contributed by atoms with van der Waals surface area (Å²) < 4.78 is 32.1. The van der Waals surface area contributed by atoms with E-state index in [9.17, 15) is 18.8 Å². The Labute approximate surface area is 259 Å². The monoisotopic (exact) mass is 615 g/mol. The number of carbonyl (C=O) groups excluding carboxylic acids is 3. The standard InChI is InChI=1S/C33H34FN5O6/c1-43-29-8-6-20-7-9-31(40)35-17-21-12-22(34)15-23(13-21)45-28-10-11-39(18-27(28)36-32(41)19-44-30(29)14-20)33(42)16-26-24-4-2-3-5-25(24)37-38-26/h2-6,8,12-15,27-28H,7,9-11,16-19H2,1H3,(H,35,40)(H,36,41)(H,37,38)/t27-,28-/m1/s1. The van der Waals surface area contributed by atoms with Crippen molar-refractivity contribution in [3.63, 3.8) is 0 Å². The van der Waals surface area contributed by atoms with Crippen molar-refractivity contribution in [1.29, 1.82) is 0 Å². The van der Waals surface area contributed by atoms with Gasteiger partial charge in [-0.25, -0.2) is 4.39 Å². The fourth-order valence-corrected chi connectivity index (χ4v) is 5.74. The van der Waals surface area contributed by atoms with Gasteiger partial charge in [-0.15, -0.1) is 0 Å². The molecule has 1 fully saturated rings. The number of nitrogens with one attached hydrogen (secondary N) is 3. The fraction of sp³-hybridized carbons (Fsp3) is 0.333. The SMILES string of the molecule is COc1ccc2cc1OCC(=O)N[C@@H]1CN(C(=O)Cc3[nH]nc4ccccc34)CC[C@H]1Oc1cc(F)cc(c1)CNC(=O)CC2. The Morgan fingerprint density at radius 2 is 1.93 bits per heavy atom. The average Bonchev–Trinajstić information content (AvgIpc) is 3.44. The molecule has 0 spiro atoms. The van der Waals surface area contributed by atoms with Gasteiger partial charge in [0.2, 0.25) is 11.8 Å². The van der Waals surface area contributed by atoms with E-state index in [1.165, 1.54) is 19.2 Å². The quantitative estimate of drug-likeness (QED) is 0.323. The van der Waals surface area contributed by atoms with E-state index in [1.54, 1.807) is 23.1 Å². The molecule has 6 rings (SSSR count). The van der Waals surface area contributed by atoms with Crippen molar-refractivity contribution >= 4 is 28.6 Å². The zero-order chi connectivity index (χ0) is 31.3. The van der Waals surface area contributed by atoms with E-state index < -0.39 is 23.9 Å². The number of halogens is 1. The number of para-hydroxylation sites is 1. The van der Waals surface area contributed by atoms with Crippen LogP contribution < -0.4 is 24.8 Å². The summed E-state index contributed by atoms with van der Waals surface area (Å²) in [6.07, 6.45) is 0.579. The molecule has 2 atom stereocenters. The lowest BCUT2D eigenvalue weighted by Gasteiger charge is -2.39. The molecule has 45 heavy (non-hydrogen) atoms. The highest BCUT2D eigenvalue weighted by molar-refractivity contribution is 5.87. The van der Waals surface area contributed by atoms with Crippen LogP contribution in [0.15, 0.2) is 60.7 Å². The number of likely N-dealkylation sites (tertiary alicyclic amines) is 1. The first-order valence-corrected chi connectivity index (χ1v) is 14.9. The Bertz CT molecular complexity index is 1720. The summed E-state index contributed by atoms with van der Waals surface area (Å²) in [5.74, 6) is -0.158. The van der Waals surface area contributed by atoms with Gasteiger partial charge >= 0.3 is 0 Å². The molecule has 0 radical (unpaired) electrons. The van der Waals surface area contributed by atoms with Gasteiger partial charge in [-0.1, -0.05) is 24.3 Å². The van der Waals surface area contributed by atoms with Crippen LogP contribution in [0.4, 0.5) is 4.39 Å². The summed E-state index contributed by atoms with van der Waals surface area (Å²) in [5, 5.41) is 13.9. The molecule has 4 aromatic rings. The molecule has 3 amide bonds. The van der Waals surface area contributed by atoms with Crippen LogP contribution >= 0.6 is 0 Å². The maximum Gasteiger partial charge on any atom is 0.258 e. The molecule has 3 aromatic carbocycles. The summed E-state index contributed by atoms with van der Waals surface area (Å²) in [6, 6.07) is 16.5. The highest BCUT2D eigenvalue weighted by atomic mass is 19.1. The summed E-state index contributed by atoms with van der Waals surface area (Å²) in [4.78, 5) is 40.9. The second-order valence-corrected chi connectivity index (χ2v) is 11.2. The Kier molecular flexibility index (Phi) is 8.81. The lowest BCUT2D eigenvalue weighted by molar-refractivity contribution is -0.135. The Balaban J connectivity index is 1.24. The zero-order valence-corrected chi connectivity index (χ0v) is 24.8. The molecule has 12 heteroatoms. The number of nitrogens with zero attached hydrogens (tertiary/aromatic N) is 2. The molecule has 2 aliphatic rings. The Hall–Kier alpha value is -5.13. The molecule has 3 heterocycles. The van der Waals surface area contributed by atoms with Gasteiger partial charge in [0.15, 0.2) is 18.1 Å². The lowest BCUT2D eigenvalue weighted by atomic mass is 10.0. The number of piperidine rings is 1. The van der Waals surface area contributed by atoms with Gasteiger partial charge in [-0.3, -0.25) is 19.5 Å². The third-order valence-corrected chi connectivity index (χ3v) is 8.05. The molecule has 0 unspecified atom stereocenters. The van der Waals surface area contributed by atoms with Gasteiger partial charge in [0, 0.05) is 43.9 Å². The number of fused-ring (bicyclic) bond motifs is 6. The predicted molar refractivity (Wildman–Crippen MR) is 162 cm³/mol. The van der Waals surface area contributed by atoms with Gasteiger partial charge < -0.3 is 29.7 Å². The molecule has 4 bridgehead atoms. The second kappa shape index (κ2) is 13.2. The van der Waals surface area contributed by atoms with Crippen LogP contribution in [0.1, 0.15) is 29.7 Å². The van der Waals surface area contributed by atoms with Gasteiger partial charge in [-0.2, -0.15) is 5.10 Å². The van der Waals surface area contributed by atoms with Gasteiger partial charge in [-0.05, 0) is 47.9 Å². The number of benzene rings is 3. The fourth-order valence-electron chi connectivity index (χ4n) is 5.74. The zero-order valence-electron chi connectivity index (χ0n) is 24.8. The van der Waals surface area contributed by atoms with Crippen molar-refractivity contribution in [1.82, 2.24) is 25.7 Å². The van der Waals surface area contributed by atoms with E-state index in [2.05, 4.69) is 20.8 Å². The maximum atomic E-state index is 14.6. The predicted octanol–water partition coefficient (Wildman–Crippen LogP) is 3.06. The first-order chi connectivity index (χ1) is 21.8. The largest absolute Gasteiger partial charge is 0.493 e. The van der Waals surface area contributed by atoms with Crippen LogP contribution in [0.25, 0.3) is 10.9 Å². The van der Waals surface area contributed by atoms with E-state index in [1.807, 2.05) is 30.3 Å². The number of hydrogen-bond acceptors (Lipinski definition) is 7. The van der Waals surface area contributed by atoms with Crippen LogP contribution in [-0.2, 0) is 33.8 Å². The number of aromatic nitrogens is 2. The minimum Gasteiger partial charge on any atom is -0.493 e. The van der Waals surface area contributed by atoms with Gasteiger partial charge in [0.25, 0.3) is 5.91 Å². The third kappa shape index (κ3) is 7.17. The van der Waals surface area contributed by atoms with Crippen molar-refractivity contribution in [2.24, 2.45) is 0 Å². The van der Waals surface area contributed by atoms with E-state index in [-0.39, 0.29) is 50.1 Å². The number of ether oxygens (including phenoxy) is 3. The van der Waals surface area contributed by atoms with Crippen LogP contribution in [0, 0.1) is 5.82 Å². The van der Waals surface area contributed by atoms with Crippen LogP contribution in [-0.4, -0.2) is 71.8 Å². The third-order valence-electron chi connectivity index (χ3n) is 8.05. The Morgan fingerprint density at radius 3 is 2.80 bits per heavy atom. The van der Waals surface area contributed by atoms with Crippen LogP contribution in [0.2, 0.25) is 0 Å². The normalized spacial score (nSPS) is 19.2. The molecule has 2 aliphatic heterocycles. The van der Waals surface area contributed by atoms with E-state index in [0.717, 1.165) is 16.5 Å². The van der Waals surface area contributed by atoms with Crippen molar-refractivity contribution in [2.45, 2.75) is 44.4 Å². The number of rotatable bonds is 3. The number of carbonyl (C=O) groups is 3. The smallest absolute Gasteiger partial charge is 0.258 e. The van der Waals surface area contributed by atoms with Gasteiger partial charge in [0.1, 0.15) is 17.7 Å². The van der Waals surface area contributed by atoms with Gasteiger partial charge in [0.05, 0.1) is 30.8 Å². The molecular weight excluding hydrogens is 581 g/mol. The minimum atomic E-state index is -0.615. The average molecular weight is 616 g/mol. The molecule has 1 saturated heterocycles.